The third-order valence-electron chi connectivity index (χ3n) is 2.83. The lowest BCUT2D eigenvalue weighted by atomic mass is 10.1. The number of carbonyl (C=O) groups excluding carboxylic acids is 1. The summed E-state index contributed by atoms with van der Waals surface area (Å²) in [6.45, 7) is 3.96. The zero-order valence-electron chi connectivity index (χ0n) is 9.26. The van der Waals surface area contributed by atoms with Crippen LogP contribution in [0, 0.1) is 13.8 Å². The summed E-state index contributed by atoms with van der Waals surface area (Å²) >= 11 is 0. The molecule has 1 amide bonds. The van der Waals surface area contributed by atoms with Gasteiger partial charge in [-0.15, -0.1) is 0 Å². The van der Waals surface area contributed by atoms with Gasteiger partial charge in [-0.1, -0.05) is 0 Å². The Bertz CT molecular complexity index is 346. The predicted molar refractivity (Wildman–Crippen MR) is 57.5 cm³/mol. The standard InChI is InChI=1S/C11H17N3O/c1-7-10(8(2)14-13-7)5-6-11(15)12-9-3-4-9/h9H,3-6H2,1-2H3,(H,12,15)(H,13,14). The van der Waals surface area contributed by atoms with Crippen LogP contribution in [0.3, 0.4) is 0 Å². The fourth-order valence-corrected chi connectivity index (χ4v) is 1.71. The van der Waals surface area contributed by atoms with Crippen LogP contribution < -0.4 is 5.32 Å². The highest BCUT2D eigenvalue weighted by atomic mass is 16.1. The molecule has 0 radical (unpaired) electrons. The first-order valence-electron chi connectivity index (χ1n) is 5.46. The molecule has 1 aliphatic carbocycles. The highest BCUT2D eigenvalue weighted by molar-refractivity contribution is 5.76. The molecule has 2 N–H and O–H groups in total. The van der Waals surface area contributed by atoms with Crippen LogP contribution in [-0.4, -0.2) is 22.1 Å². The molecule has 0 unspecified atom stereocenters. The third kappa shape index (κ3) is 2.58. The van der Waals surface area contributed by atoms with Crippen molar-refractivity contribution in [1.82, 2.24) is 15.5 Å². The molecule has 0 aromatic carbocycles. The smallest absolute Gasteiger partial charge is 0.220 e. The van der Waals surface area contributed by atoms with Gasteiger partial charge in [0.2, 0.25) is 5.91 Å². The highest BCUT2D eigenvalue weighted by Crippen LogP contribution is 2.19. The summed E-state index contributed by atoms with van der Waals surface area (Å²) in [5.41, 5.74) is 3.26. The van der Waals surface area contributed by atoms with E-state index in [1.54, 1.807) is 0 Å². The van der Waals surface area contributed by atoms with Crippen LogP contribution in [0.25, 0.3) is 0 Å². The number of nitrogens with one attached hydrogen (secondary N) is 2. The van der Waals surface area contributed by atoms with E-state index in [4.69, 9.17) is 0 Å². The Morgan fingerprint density at radius 3 is 2.80 bits per heavy atom. The zero-order chi connectivity index (χ0) is 10.8. The van der Waals surface area contributed by atoms with E-state index in [1.807, 2.05) is 13.8 Å². The van der Waals surface area contributed by atoms with Crippen molar-refractivity contribution < 1.29 is 4.79 Å². The van der Waals surface area contributed by atoms with Gasteiger partial charge in [-0.2, -0.15) is 5.10 Å². The van der Waals surface area contributed by atoms with Crippen LogP contribution >= 0.6 is 0 Å². The van der Waals surface area contributed by atoms with E-state index in [9.17, 15) is 4.79 Å². The van der Waals surface area contributed by atoms with Crippen LogP contribution in [0.4, 0.5) is 0 Å². The number of nitrogens with zero attached hydrogens (tertiary/aromatic N) is 1. The van der Waals surface area contributed by atoms with Crippen molar-refractivity contribution in [3.63, 3.8) is 0 Å². The van der Waals surface area contributed by atoms with Crippen molar-refractivity contribution in [1.29, 1.82) is 0 Å². The second kappa shape index (κ2) is 4.04. The third-order valence-corrected chi connectivity index (χ3v) is 2.83. The van der Waals surface area contributed by atoms with E-state index in [0.717, 1.165) is 30.7 Å². The van der Waals surface area contributed by atoms with E-state index in [-0.39, 0.29) is 5.91 Å². The van der Waals surface area contributed by atoms with Crippen molar-refractivity contribution in [3.05, 3.63) is 17.0 Å². The second-order valence-electron chi connectivity index (χ2n) is 4.25. The minimum absolute atomic E-state index is 0.164. The monoisotopic (exact) mass is 207 g/mol. The molecule has 4 nitrogen and oxygen atoms in total. The Kier molecular flexibility index (Phi) is 2.75. The van der Waals surface area contributed by atoms with Crippen molar-refractivity contribution in [2.75, 3.05) is 0 Å². The van der Waals surface area contributed by atoms with Crippen LogP contribution in [-0.2, 0) is 11.2 Å². The molecule has 1 aromatic rings. The molecule has 82 valence electrons. The summed E-state index contributed by atoms with van der Waals surface area (Å²) in [4.78, 5) is 11.5. The first-order chi connectivity index (χ1) is 7.16. The summed E-state index contributed by atoms with van der Waals surface area (Å²) in [7, 11) is 0. The molecule has 1 aliphatic rings. The van der Waals surface area contributed by atoms with Crippen LogP contribution in [0.2, 0.25) is 0 Å². The molecule has 0 bridgehead atoms. The van der Waals surface area contributed by atoms with Gasteiger partial charge in [0, 0.05) is 18.2 Å². The zero-order valence-corrected chi connectivity index (χ0v) is 9.26. The lowest BCUT2D eigenvalue weighted by molar-refractivity contribution is -0.121. The van der Waals surface area contributed by atoms with E-state index in [2.05, 4.69) is 15.5 Å². The largest absolute Gasteiger partial charge is 0.353 e. The summed E-state index contributed by atoms with van der Waals surface area (Å²) < 4.78 is 0. The van der Waals surface area contributed by atoms with Crippen LogP contribution in [0.15, 0.2) is 0 Å². The average molecular weight is 207 g/mol. The molecule has 0 spiro atoms. The van der Waals surface area contributed by atoms with Gasteiger partial charge < -0.3 is 5.32 Å². The molecule has 1 aromatic heterocycles. The molecule has 1 fully saturated rings. The fourth-order valence-electron chi connectivity index (χ4n) is 1.71. The number of carbonyl (C=O) groups is 1. The molecule has 4 heteroatoms. The maximum Gasteiger partial charge on any atom is 0.220 e. The van der Waals surface area contributed by atoms with Crippen molar-refractivity contribution >= 4 is 5.91 Å². The molecular weight excluding hydrogens is 190 g/mol. The minimum atomic E-state index is 0.164. The highest BCUT2D eigenvalue weighted by Gasteiger charge is 2.23. The number of hydrogen-bond acceptors (Lipinski definition) is 2. The van der Waals surface area contributed by atoms with Crippen LogP contribution in [0.1, 0.15) is 36.2 Å². The van der Waals surface area contributed by atoms with Gasteiger partial charge in [-0.3, -0.25) is 9.89 Å². The molecule has 0 atom stereocenters. The quantitative estimate of drug-likeness (QED) is 0.780. The number of H-pyrrole nitrogens is 1. The van der Waals surface area contributed by atoms with Gasteiger partial charge in [0.15, 0.2) is 0 Å². The Balaban J connectivity index is 1.83. The van der Waals surface area contributed by atoms with E-state index in [0.29, 0.717) is 12.5 Å². The molecule has 0 saturated heterocycles. The number of rotatable bonds is 4. The number of hydrogen-bond donors (Lipinski definition) is 2. The van der Waals surface area contributed by atoms with E-state index >= 15 is 0 Å². The van der Waals surface area contributed by atoms with Crippen molar-refractivity contribution in [3.8, 4) is 0 Å². The van der Waals surface area contributed by atoms with Crippen molar-refractivity contribution in [2.45, 2.75) is 45.6 Å². The fraction of sp³-hybridized carbons (Fsp3) is 0.636. The Labute approximate surface area is 89.5 Å². The molecule has 2 rings (SSSR count). The lowest BCUT2D eigenvalue weighted by Gasteiger charge is -2.03. The average Bonchev–Trinajstić information content (AvgIpc) is 2.93. The van der Waals surface area contributed by atoms with E-state index in [1.165, 1.54) is 5.56 Å². The molecule has 1 heterocycles. The summed E-state index contributed by atoms with van der Waals surface area (Å²) in [5, 5.41) is 10.0. The Hall–Kier alpha value is -1.32. The minimum Gasteiger partial charge on any atom is -0.353 e. The van der Waals surface area contributed by atoms with Gasteiger partial charge in [0.25, 0.3) is 0 Å². The molecule has 0 aliphatic heterocycles. The van der Waals surface area contributed by atoms with Gasteiger partial charge in [0.1, 0.15) is 0 Å². The molecular formula is C11H17N3O. The SMILES string of the molecule is Cc1n[nH]c(C)c1CCC(=O)NC1CC1. The number of aromatic amines is 1. The maximum absolute atomic E-state index is 11.5. The van der Waals surface area contributed by atoms with Gasteiger partial charge in [0.05, 0.1) is 5.69 Å². The second-order valence-corrected chi connectivity index (χ2v) is 4.25. The Morgan fingerprint density at radius 1 is 1.53 bits per heavy atom. The molecule has 1 saturated carbocycles. The topological polar surface area (TPSA) is 57.8 Å². The first-order valence-corrected chi connectivity index (χ1v) is 5.46. The predicted octanol–water partition coefficient (Wildman–Crippen LogP) is 1.24. The van der Waals surface area contributed by atoms with Crippen LogP contribution in [0.5, 0.6) is 0 Å². The number of aromatic nitrogens is 2. The lowest BCUT2D eigenvalue weighted by Crippen LogP contribution is -2.25. The van der Waals surface area contributed by atoms with Gasteiger partial charge in [-0.25, -0.2) is 0 Å². The molecule has 15 heavy (non-hydrogen) atoms. The van der Waals surface area contributed by atoms with Gasteiger partial charge in [-0.05, 0) is 38.7 Å². The van der Waals surface area contributed by atoms with Crippen molar-refractivity contribution in [2.24, 2.45) is 0 Å². The summed E-state index contributed by atoms with van der Waals surface area (Å²) in [6, 6.07) is 0.462. The number of aryl methyl sites for hydroxylation is 2. The van der Waals surface area contributed by atoms with E-state index < -0.39 is 0 Å². The first kappa shape index (κ1) is 10.2. The number of amides is 1. The Morgan fingerprint density at radius 2 is 2.27 bits per heavy atom. The normalized spacial score (nSPS) is 15.3. The maximum atomic E-state index is 11.5. The summed E-state index contributed by atoms with van der Waals surface area (Å²) in [5.74, 6) is 0.164. The summed E-state index contributed by atoms with van der Waals surface area (Å²) in [6.07, 6.45) is 3.65. The van der Waals surface area contributed by atoms with Gasteiger partial charge >= 0.3 is 0 Å².